The molecule has 0 amide bonds. The Morgan fingerprint density at radius 2 is 1.97 bits per heavy atom. The average molecular weight is 447 g/mol. The van der Waals surface area contributed by atoms with Gasteiger partial charge < -0.3 is 29.6 Å². The molecule has 3 N–H and O–H groups in total. The van der Waals surface area contributed by atoms with Crippen LogP contribution < -0.4 is 20.8 Å². The van der Waals surface area contributed by atoms with E-state index in [9.17, 15) is 14.7 Å². The highest BCUT2D eigenvalue weighted by atomic mass is 16.7. The van der Waals surface area contributed by atoms with Crippen molar-refractivity contribution in [2.75, 3.05) is 13.3 Å². The minimum absolute atomic E-state index is 0.0910. The Kier molecular flexibility index (Phi) is 4.17. The molecule has 2 aromatic heterocycles. The predicted molar refractivity (Wildman–Crippen MR) is 119 cm³/mol. The molecule has 0 unspecified atom stereocenters. The quantitative estimate of drug-likeness (QED) is 0.455. The molecule has 3 aromatic rings. The Bertz CT molecular complexity index is 1460. The molecule has 6 rings (SSSR count). The molecule has 0 saturated heterocycles. The van der Waals surface area contributed by atoms with E-state index in [4.69, 9.17) is 24.9 Å². The van der Waals surface area contributed by atoms with Crippen molar-refractivity contribution < 1.29 is 24.1 Å². The van der Waals surface area contributed by atoms with Crippen LogP contribution in [0.4, 0.5) is 0 Å². The number of pyridine rings is 2. The van der Waals surface area contributed by atoms with Gasteiger partial charge in [-0.25, -0.2) is 9.78 Å². The summed E-state index contributed by atoms with van der Waals surface area (Å²) in [5.74, 6) is 0.497. The van der Waals surface area contributed by atoms with Crippen molar-refractivity contribution >= 4 is 22.9 Å². The molecule has 5 heterocycles. The summed E-state index contributed by atoms with van der Waals surface area (Å²) in [6, 6.07) is 5.41. The van der Waals surface area contributed by atoms with Crippen LogP contribution in [0.25, 0.3) is 28.4 Å². The molecule has 0 bridgehead atoms. The van der Waals surface area contributed by atoms with Crippen molar-refractivity contribution in [1.29, 1.82) is 0 Å². The Morgan fingerprint density at radius 3 is 2.73 bits per heavy atom. The summed E-state index contributed by atoms with van der Waals surface area (Å²) in [5, 5.41) is 11.9. The van der Waals surface area contributed by atoms with Crippen LogP contribution in [0.15, 0.2) is 29.1 Å². The van der Waals surface area contributed by atoms with Gasteiger partial charge in [0.1, 0.15) is 6.61 Å². The lowest BCUT2D eigenvalue weighted by Crippen LogP contribution is -2.44. The van der Waals surface area contributed by atoms with E-state index >= 15 is 0 Å². The first-order chi connectivity index (χ1) is 16.0. The zero-order chi connectivity index (χ0) is 22.9. The van der Waals surface area contributed by atoms with E-state index in [0.717, 1.165) is 16.5 Å². The van der Waals surface area contributed by atoms with Crippen molar-refractivity contribution in [2.45, 2.75) is 32.1 Å². The molecule has 9 heteroatoms. The minimum atomic E-state index is -1.86. The SMILES string of the molecule is CC[C@@]1(O)C(=O)OCc2c1cc1n(c2=O)Cc2c-1nc1cc3c(cc1c2/C=C/CN)OCO3. The van der Waals surface area contributed by atoms with Crippen LogP contribution in [-0.4, -0.2) is 34.0 Å². The van der Waals surface area contributed by atoms with Gasteiger partial charge in [-0.2, -0.15) is 0 Å². The number of ether oxygens (including phenoxy) is 3. The van der Waals surface area contributed by atoms with Gasteiger partial charge in [-0.3, -0.25) is 4.79 Å². The molecular weight excluding hydrogens is 426 g/mol. The van der Waals surface area contributed by atoms with Crippen LogP contribution in [0.1, 0.15) is 35.6 Å². The van der Waals surface area contributed by atoms with Crippen molar-refractivity contribution in [2.24, 2.45) is 5.73 Å². The zero-order valence-electron chi connectivity index (χ0n) is 17.9. The van der Waals surface area contributed by atoms with Gasteiger partial charge in [0.2, 0.25) is 6.79 Å². The van der Waals surface area contributed by atoms with Gasteiger partial charge in [-0.05, 0) is 24.1 Å². The fourth-order valence-corrected chi connectivity index (χ4v) is 4.88. The molecule has 0 spiro atoms. The number of benzene rings is 1. The molecule has 3 aliphatic heterocycles. The number of hydrogen-bond donors (Lipinski definition) is 2. The Hall–Kier alpha value is -3.69. The summed E-state index contributed by atoms with van der Waals surface area (Å²) in [4.78, 5) is 30.7. The first-order valence-corrected chi connectivity index (χ1v) is 10.8. The fraction of sp³-hybridized carbons (Fsp3) is 0.292. The van der Waals surface area contributed by atoms with Crippen LogP contribution in [-0.2, 0) is 28.3 Å². The van der Waals surface area contributed by atoms with E-state index in [1.807, 2.05) is 24.3 Å². The largest absolute Gasteiger partial charge is 0.458 e. The molecular formula is C24H21N3O6. The molecule has 0 fully saturated rings. The lowest BCUT2D eigenvalue weighted by molar-refractivity contribution is -0.172. The Balaban J connectivity index is 1.66. The third-order valence-corrected chi connectivity index (χ3v) is 6.65. The maximum atomic E-state index is 13.4. The van der Waals surface area contributed by atoms with Crippen LogP contribution in [0.5, 0.6) is 11.5 Å². The summed E-state index contributed by atoms with van der Waals surface area (Å²) in [7, 11) is 0. The number of carbonyl (C=O) groups excluding carboxylic acids is 1. The Morgan fingerprint density at radius 1 is 1.18 bits per heavy atom. The maximum absolute atomic E-state index is 13.4. The molecule has 168 valence electrons. The van der Waals surface area contributed by atoms with E-state index < -0.39 is 11.6 Å². The number of esters is 1. The van der Waals surface area contributed by atoms with Gasteiger partial charge in [-0.15, -0.1) is 0 Å². The third kappa shape index (κ3) is 2.63. The lowest BCUT2D eigenvalue weighted by Gasteiger charge is -2.31. The van der Waals surface area contributed by atoms with Crippen molar-refractivity contribution in [3.05, 3.63) is 56.9 Å². The maximum Gasteiger partial charge on any atom is 0.343 e. The van der Waals surface area contributed by atoms with Gasteiger partial charge in [0.15, 0.2) is 17.1 Å². The van der Waals surface area contributed by atoms with Crippen LogP contribution >= 0.6 is 0 Å². The normalized spacial score (nSPS) is 20.2. The van der Waals surface area contributed by atoms with Crippen LogP contribution in [0, 0.1) is 0 Å². The molecule has 0 aliphatic carbocycles. The number of rotatable bonds is 3. The molecule has 9 nitrogen and oxygen atoms in total. The molecule has 0 saturated carbocycles. The first kappa shape index (κ1) is 20.0. The number of aromatic nitrogens is 2. The number of nitrogens with zero attached hydrogens (tertiary/aromatic N) is 2. The lowest BCUT2D eigenvalue weighted by atomic mass is 9.86. The molecule has 1 aromatic carbocycles. The second-order valence-electron chi connectivity index (χ2n) is 8.32. The molecule has 0 radical (unpaired) electrons. The number of hydrogen-bond acceptors (Lipinski definition) is 8. The van der Waals surface area contributed by atoms with Crippen LogP contribution in [0.3, 0.4) is 0 Å². The molecule has 1 atom stereocenters. The summed E-state index contributed by atoms with van der Waals surface area (Å²) in [5.41, 5.74) is 7.74. The zero-order valence-corrected chi connectivity index (χ0v) is 17.9. The summed E-state index contributed by atoms with van der Waals surface area (Å²) < 4.78 is 17.8. The second kappa shape index (κ2) is 6.90. The highest BCUT2D eigenvalue weighted by molar-refractivity contribution is 5.95. The van der Waals surface area contributed by atoms with Gasteiger partial charge in [-0.1, -0.05) is 19.1 Å². The van der Waals surface area contributed by atoms with Crippen molar-refractivity contribution in [1.82, 2.24) is 9.55 Å². The number of fused-ring (bicyclic) bond motifs is 6. The average Bonchev–Trinajstić information content (AvgIpc) is 3.42. The van der Waals surface area contributed by atoms with E-state index in [-0.39, 0.29) is 30.9 Å². The Labute approximate surface area is 188 Å². The van der Waals surface area contributed by atoms with Crippen molar-refractivity contribution in [3.8, 4) is 22.9 Å². The minimum Gasteiger partial charge on any atom is -0.458 e. The fourth-order valence-electron chi connectivity index (χ4n) is 4.88. The van der Waals surface area contributed by atoms with E-state index in [2.05, 4.69) is 0 Å². The van der Waals surface area contributed by atoms with E-state index in [1.54, 1.807) is 17.6 Å². The summed E-state index contributed by atoms with van der Waals surface area (Å²) in [6.45, 7) is 2.32. The highest BCUT2D eigenvalue weighted by Crippen LogP contribution is 2.43. The smallest absolute Gasteiger partial charge is 0.343 e. The third-order valence-electron chi connectivity index (χ3n) is 6.65. The second-order valence-corrected chi connectivity index (χ2v) is 8.32. The van der Waals surface area contributed by atoms with Crippen molar-refractivity contribution in [3.63, 3.8) is 0 Å². The summed E-state index contributed by atoms with van der Waals surface area (Å²) in [6.07, 6.45) is 3.86. The number of carbonyl (C=O) groups is 1. The van der Waals surface area contributed by atoms with Gasteiger partial charge in [0.05, 0.1) is 29.0 Å². The molecule has 3 aliphatic rings. The van der Waals surface area contributed by atoms with Crippen LogP contribution in [0.2, 0.25) is 0 Å². The molecule has 33 heavy (non-hydrogen) atoms. The predicted octanol–water partition coefficient (Wildman–Crippen LogP) is 1.78. The van der Waals surface area contributed by atoms with E-state index in [0.29, 0.717) is 47.1 Å². The van der Waals surface area contributed by atoms with Gasteiger partial charge in [0, 0.05) is 29.1 Å². The van der Waals surface area contributed by atoms with E-state index in [1.165, 1.54) is 0 Å². The standard InChI is InChI=1S/C24H21N3O6/c1-2-24(30)16-7-18-21-14(9-27(18)22(28)15(16)10-31-23(24)29)12(4-3-5-25)13-6-19-20(33-11-32-19)8-17(13)26-21/h3-4,6-8,30H,2,5,9-11,25H2,1H3/b4-3+/t24-/m0/s1. The number of aliphatic hydroxyl groups is 1. The number of cyclic esters (lactones) is 1. The highest BCUT2D eigenvalue weighted by Gasteiger charge is 2.45. The number of nitrogens with two attached hydrogens (primary N) is 1. The van der Waals surface area contributed by atoms with Gasteiger partial charge in [0.25, 0.3) is 5.56 Å². The summed E-state index contributed by atoms with van der Waals surface area (Å²) >= 11 is 0. The monoisotopic (exact) mass is 447 g/mol. The topological polar surface area (TPSA) is 126 Å². The first-order valence-electron chi connectivity index (χ1n) is 10.8. The van der Waals surface area contributed by atoms with Gasteiger partial charge >= 0.3 is 5.97 Å².